The van der Waals surface area contributed by atoms with E-state index in [4.69, 9.17) is 4.74 Å². The molecule has 0 spiro atoms. The predicted molar refractivity (Wildman–Crippen MR) is 146 cm³/mol. The van der Waals surface area contributed by atoms with Crippen molar-refractivity contribution in [3.05, 3.63) is 87.1 Å². The van der Waals surface area contributed by atoms with Gasteiger partial charge in [-0.3, -0.25) is 9.59 Å². The molecule has 0 fully saturated rings. The number of amides is 2. The van der Waals surface area contributed by atoms with Crippen LogP contribution in [0.4, 0.5) is 0 Å². The van der Waals surface area contributed by atoms with Crippen molar-refractivity contribution in [2.45, 2.75) is 46.6 Å². The van der Waals surface area contributed by atoms with E-state index < -0.39 is 0 Å². The van der Waals surface area contributed by atoms with Crippen LogP contribution in [0.2, 0.25) is 0 Å². The van der Waals surface area contributed by atoms with Gasteiger partial charge in [-0.2, -0.15) is 0 Å². The lowest BCUT2D eigenvalue weighted by Gasteiger charge is -2.37. The quantitative estimate of drug-likeness (QED) is 0.356. The molecule has 0 radical (unpaired) electrons. The summed E-state index contributed by atoms with van der Waals surface area (Å²) in [6, 6.07) is 17.5. The van der Waals surface area contributed by atoms with Crippen LogP contribution in [0, 0.1) is 19.8 Å². The first-order valence-electron chi connectivity index (χ1n) is 12.7. The van der Waals surface area contributed by atoms with Gasteiger partial charge in [0.15, 0.2) is 0 Å². The van der Waals surface area contributed by atoms with E-state index in [9.17, 15) is 9.59 Å². The van der Waals surface area contributed by atoms with Crippen molar-refractivity contribution in [1.29, 1.82) is 0 Å². The summed E-state index contributed by atoms with van der Waals surface area (Å²) < 4.78 is 6.15. The van der Waals surface area contributed by atoms with Gasteiger partial charge in [-0.1, -0.05) is 49.7 Å². The summed E-state index contributed by atoms with van der Waals surface area (Å²) in [5, 5.41) is 2.09. The molecular formula is C30H36N2O3S. The molecule has 0 saturated carbocycles. The fourth-order valence-electron chi connectivity index (χ4n) is 4.59. The van der Waals surface area contributed by atoms with Crippen LogP contribution in [0.3, 0.4) is 0 Å². The number of aryl methyl sites for hydroxylation is 2. The number of ether oxygens (including phenoxy) is 1. The summed E-state index contributed by atoms with van der Waals surface area (Å²) in [4.78, 5) is 32.2. The van der Waals surface area contributed by atoms with Gasteiger partial charge in [0, 0.05) is 23.5 Å². The maximum atomic E-state index is 13.8. The second-order valence-electron chi connectivity index (χ2n) is 10.0. The molecule has 2 heterocycles. The lowest BCUT2D eigenvalue weighted by atomic mass is 10.00. The number of hydrogen-bond acceptors (Lipinski definition) is 4. The number of nitrogens with zero attached hydrogens (tertiary/aromatic N) is 2. The van der Waals surface area contributed by atoms with E-state index >= 15 is 0 Å². The normalized spacial score (nSPS) is 15.0. The standard InChI is InChI=1S/C30H36N2O3S/c1-21(2)13-16-31(30(34)25-8-6-5-7-23(25)4)19-29(33)32-17-14-28-26(15-18-36-28)27(32)20-35-24-11-9-22(3)10-12-24/h5-12,15,18,21,27H,13-14,16-17,19-20H2,1-4H3. The Bertz CT molecular complexity index is 1180. The molecule has 1 aliphatic heterocycles. The highest BCUT2D eigenvalue weighted by Crippen LogP contribution is 2.34. The van der Waals surface area contributed by atoms with Crippen molar-refractivity contribution in [3.63, 3.8) is 0 Å². The van der Waals surface area contributed by atoms with Crippen LogP contribution in [0.15, 0.2) is 60.0 Å². The minimum atomic E-state index is -0.172. The summed E-state index contributed by atoms with van der Waals surface area (Å²) in [5.74, 6) is 1.12. The fourth-order valence-corrected chi connectivity index (χ4v) is 5.52. The van der Waals surface area contributed by atoms with Crippen molar-refractivity contribution in [3.8, 4) is 5.75 Å². The molecule has 1 aromatic heterocycles. The first-order valence-corrected chi connectivity index (χ1v) is 13.6. The molecular weight excluding hydrogens is 468 g/mol. The largest absolute Gasteiger partial charge is 0.491 e. The van der Waals surface area contributed by atoms with E-state index in [1.807, 2.05) is 67.3 Å². The molecule has 0 aliphatic carbocycles. The second kappa shape index (κ2) is 11.7. The van der Waals surface area contributed by atoms with Gasteiger partial charge in [0.1, 0.15) is 18.9 Å². The monoisotopic (exact) mass is 504 g/mol. The van der Waals surface area contributed by atoms with Crippen LogP contribution in [0.25, 0.3) is 0 Å². The zero-order chi connectivity index (χ0) is 25.7. The van der Waals surface area contributed by atoms with Crippen molar-refractivity contribution in [2.75, 3.05) is 26.2 Å². The molecule has 0 bridgehead atoms. The Morgan fingerprint density at radius 2 is 1.83 bits per heavy atom. The van der Waals surface area contributed by atoms with Gasteiger partial charge < -0.3 is 14.5 Å². The number of carbonyl (C=O) groups excluding carboxylic acids is 2. The lowest BCUT2D eigenvalue weighted by Crippen LogP contribution is -2.48. The molecule has 0 saturated heterocycles. The molecule has 0 N–H and O–H groups in total. The van der Waals surface area contributed by atoms with Gasteiger partial charge in [0.2, 0.25) is 5.91 Å². The van der Waals surface area contributed by atoms with Crippen LogP contribution < -0.4 is 4.74 Å². The number of carbonyl (C=O) groups is 2. The van der Waals surface area contributed by atoms with Gasteiger partial charge in [-0.25, -0.2) is 0 Å². The van der Waals surface area contributed by atoms with Gasteiger partial charge in [-0.15, -0.1) is 11.3 Å². The minimum Gasteiger partial charge on any atom is -0.491 e. The van der Waals surface area contributed by atoms with Crippen LogP contribution in [-0.2, 0) is 11.2 Å². The molecule has 1 atom stereocenters. The molecule has 5 nitrogen and oxygen atoms in total. The number of fused-ring (bicyclic) bond motifs is 1. The summed E-state index contributed by atoms with van der Waals surface area (Å²) in [7, 11) is 0. The van der Waals surface area contributed by atoms with E-state index in [1.54, 1.807) is 16.2 Å². The van der Waals surface area contributed by atoms with Gasteiger partial charge in [0.25, 0.3) is 5.91 Å². The Hall–Kier alpha value is -3.12. The third kappa shape index (κ3) is 6.16. The van der Waals surface area contributed by atoms with Gasteiger partial charge in [0.05, 0.1) is 6.04 Å². The average molecular weight is 505 g/mol. The van der Waals surface area contributed by atoms with Crippen LogP contribution in [0.1, 0.15) is 58.2 Å². The summed E-state index contributed by atoms with van der Waals surface area (Å²) in [6.07, 6.45) is 1.68. The Morgan fingerprint density at radius 1 is 1.08 bits per heavy atom. The van der Waals surface area contributed by atoms with E-state index in [1.165, 1.54) is 10.4 Å². The van der Waals surface area contributed by atoms with Crippen molar-refractivity contribution in [2.24, 2.45) is 5.92 Å². The predicted octanol–water partition coefficient (Wildman–Crippen LogP) is 6.06. The van der Waals surface area contributed by atoms with Crippen LogP contribution in [0.5, 0.6) is 5.75 Å². The Kier molecular flexibility index (Phi) is 8.47. The summed E-state index contributed by atoms with van der Waals surface area (Å²) >= 11 is 1.74. The molecule has 3 aromatic rings. The molecule has 1 aliphatic rings. The number of benzene rings is 2. The molecule has 2 aromatic carbocycles. The van der Waals surface area contributed by atoms with Gasteiger partial charge in [-0.05, 0) is 73.4 Å². The third-order valence-corrected chi connectivity index (χ3v) is 7.81. The zero-order valence-corrected chi connectivity index (χ0v) is 22.5. The second-order valence-corrected chi connectivity index (χ2v) is 11.0. The van der Waals surface area contributed by atoms with Crippen LogP contribution in [-0.4, -0.2) is 47.9 Å². The number of thiophene rings is 1. The SMILES string of the molecule is Cc1ccc(OCC2c3ccsc3CCN2C(=O)CN(CCC(C)C)C(=O)c2ccccc2C)cc1. The Morgan fingerprint density at radius 3 is 2.56 bits per heavy atom. The van der Waals surface area contributed by atoms with E-state index in [-0.39, 0.29) is 24.4 Å². The van der Waals surface area contributed by atoms with Crippen LogP contribution >= 0.6 is 11.3 Å². The van der Waals surface area contributed by atoms with E-state index in [2.05, 4.69) is 25.3 Å². The summed E-state index contributed by atoms with van der Waals surface area (Å²) in [6.45, 7) is 9.90. The van der Waals surface area contributed by atoms with Crippen molar-refractivity contribution >= 4 is 23.2 Å². The highest BCUT2D eigenvalue weighted by molar-refractivity contribution is 7.10. The van der Waals surface area contributed by atoms with E-state index in [0.717, 1.165) is 29.7 Å². The first-order chi connectivity index (χ1) is 17.3. The van der Waals surface area contributed by atoms with Crippen molar-refractivity contribution < 1.29 is 14.3 Å². The Labute approximate surface area is 218 Å². The Balaban J connectivity index is 1.54. The first kappa shape index (κ1) is 26.0. The minimum absolute atomic E-state index is 0.0324. The zero-order valence-electron chi connectivity index (χ0n) is 21.7. The van der Waals surface area contributed by atoms with Crippen molar-refractivity contribution in [1.82, 2.24) is 9.80 Å². The molecule has 6 heteroatoms. The fraction of sp³-hybridized carbons (Fsp3) is 0.400. The molecule has 36 heavy (non-hydrogen) atoms. The number of rotatable bonds is 9. The lowest BCUT2D eigenvalue weighted by molar-refractivity contribution is -0.135. The van der Waals surface area contributed by atoms with E-state index in [0.29, 0.717) is 31.2 Å². The molecule has 4 rings (SSSR count). The maximum Gasteiger partial charge on any atom is 0.254 e. The highest BCUT2D eigenvalue weighted by Gasteiger charge is 2.33. The smallest absolute Gasteiger partial charge is 0.254 e. The highest BCUT2D eigenvalue weighted by atomic mass is 32.1. The average Bonchev–Trinajstić information content (AvgIpc) is 3.35. The topological polar surface area (TPSA) is 49.9 Å². The number of hydrogen-bond donors (Lipinski definition) is 0. The summed E-state index contributed by atoms with van der Waals surface area (Å²) in [5.41, 5.74) is 3.92. The third-order valence-electron chi connectivity index (χ3n) is 6.81. The maximum absolute atomic E-state index is 13.8. The van der Waals surface area contributed by atoms with Gasteiger partial charge >= 0.3 is 0 Å². The molecule has 2 amide bonds. The molecule has 1 unspecified atom stereocenters. The molecule has 190 valence electrons.